The van der Waals surface area contributed by atoms with Gasteiger partial charge in [0.1, 0.15) is 12.4 Å². The second-order valence-electron chi connectivity index (χ2n) is 4.99. The highest BCUT2D eigenvalue weighted by Gasteiger charge is 2.16. The molecule has 2 rings (SSSR count). The van der Waals surface area contributed by atoms with Gasteiger partial charge in [-0.2, -0.15) is 0 Å². The van der Waals surface area contributed by atoms with Crippen LogP contribution in [0.3, 0.4) is 0 Å². The van der Waals surface area contributed by atoms with Crippen LogP contribution in [-0.2, 0) is 16.1 Å². The van der Waals surface area contributed by atoms with Crippen LogP contribution in [0.25, 0.3) is 0 Å². The van der Waals surface area contributed by atoms with Crippen LogP contribution in [0.15, 0.2) is 48.5 Å². The first-order valence-corrected chi connectivity index (χ1v) is 7.38. The zero-order valence-electron chi connectivity index (χ0n) is 12.6. The second kappa shape index (κ2) is 7.74. The summed E-state index contributed by atoms with van der Waals surface area (Å²) in [6.07, 6.45) is 0. The molecule has 0 unspecified atom stereocenters. The number of amides is 2. The lowest BCUT2D eigenvalue weighted by atomic mass is 10.2. The number of hydrogen-bond acceptors (Lipinski definition) is 2. The Bertz CT molecular complexity index is 721. The molecule has 0 saturated carbocycles. The molecule has 120 valence electrons. The minimum atomic E-state index is -0.527. The van der Waals surface area contributed by atoms with Crippen molar-refractivity contribution in [3.8, 4) is 0 Å². The summed E-state index contributed by atoms with van der Waals surface area (Å²) in [5, 5.41) is 2.98. The molecule has 0 atom stereocenters. The standard InChI is InChI=1S/C17H16ClFN2O2/c1-12(22)21(10-13-6-2-3-7-14(13)18)11-17(23)20-16-9-5-4-8-15(16)19/h2-9H,10-11H2,1H3,(H,20,23). The van der Waals surface area contributed by atoms with Crippen LogP contribution in [-0.4, -0.2) is 23.3 Å². The molecule has 0 spiro atoms. The first-order chi connectivity index (χ1) is 11.0. The number of carbonyl (C=O) groups is 2. The Labute approximate surface area is 138 Å². The number of carbonyl (C=O) groups excluding carboxylic acids is 2. The SMILES string of the molecule is CC(=O)N(CC(=O)Nc1ccccc1F)Cc1ccccc1Cl. The number of hydrogen-bond donors (Lipinski definition) is 1. The third-order valence-corrected chi connectivity index (χ3v) is 3.62. The minimum absolute atomic E-state index is 0.0822. The molecule has 2 aromatic rings. The van der Waals surface area contributed by atoms with Crippen LogP contribution >= 0.6 is 11.6 Å². The minimum Gasteiger partial charge on any atom is -0.329 e. The van der Waals surface area contributed by atoms with Crippen molar-refractivity contribution in [1.82, 2.24) is 4.90 Å². The van der Waals surface area contributed by atoms with E-state index >= 15 is 0 Å². The Morgan fingerprint density at radius 2 is 1.78 bits per heavy atom. The van der Waals surface area contributed by atoms with Crippen LogP contribution in [0.4, 0.5) is 10.1 Å². The average molecular weight is 335 g/mol. The molecule has 2 amide bonds. The molecular weight excluding hydrogens is 319 g/mol. The van der Waals surface area contributed by atoms with E-state index in [-0.39, 0.29) is 24.7 Å². The molecule has 0 fully saturated rings. The molecule has 0 radical (unpaired) electrons. The lowest BCUT2D eigenvalue weighted by Crippen LogP contribution is -2.36. The number of halogens is 2. The highest BCUT2D eigenvalue weighted by Crippen LogP contribution is 2.17. The quantitative estimate of drug-likeness (QED) is 0.910. The van der Waals surface area contributed by atoms with Gasteiger partial charge in [-0.05, 0) is 23.8 Å². The van der Waals surface area contributed by atoms with Gasteiger partial charge in [-0.25, -0.2) is 4.39 Å². The number of rotatable bonds is 5. The van der Waals surface area contributed by atoms with E-state index in [9.17, 15) is 14.0 Å². The first kappa shape index (κ1) is 17.0. The first-order valence-electron chi connectivity index (χ1n) is 7.00. The van der Waals surface area contributed by atoms with Gasteiger partial charge >= 0.3 is 0 Å². The van der Waals surface area contributed by atoms with E-state index in [1.807, 2.05) is 0 Å². The number of anilines is 1. The average Bonchev–Trinajstić information content (AvgIpc) is 2.51. The summed E-state index contributed by atoms with van der Waals surface area (Å²) in [6, 6.07) is 13.0. The number of benzene rings is 2. The van der Waals surface area contributed by atoms with Crippen LogP contribution in [0.2, 0.25) is 5.02 Å². The third-order valence-electron chi connectivity index (χ3n) is 3.25. The molecule has 0 bridgehead atoms. The van der Waals surface area contributed by atoms with E-state index in [2.05, 4.69) is 5.32 Å². The highest BCUT2D eigenvalue weighted by atomic mass is 35.5. The van der Waals surface area contributed by atoms with Crippen LogP contribution in [0.5, 0.6) is 0 Å². The fourth-order valence-corrected chi connectivity index (χ4v) is 2.23. The Morgan fingerprint density at radius 1 is 1.13 bits per heavy atom. The summed E-state index contributed by atoms with van der Waals surface area (Å²) in [4.78, 5) is 25.1. The Hall–Kier alpha value is -2.40. The fraction of sp³-hybridized carbons (Fsp3) is 0.176. The maximum atomic E-state index is 13.5. The zero-order chi connectivity index (χ0) is 16.8. The van der Waals surface area contributed by atoms with Gasteiger partial charge in [0, 0.05) is 18.5 Å². The molecular formula is C17H16ClFN2O2. The Balaban J connectivity index is 2.05. The van der Waals surface area contributed by atoms with E-state index in [4.69, 9.17) is 11.6 Å². The van der Waals surface area contributed by atoms with Gasteiger partial charge in [-0.15, -0.1) is 0 Å². The summed E-state index contributed by atoms with van der Waals surface area (Å²) in [6.45, 7) is 1.39. The maximum Gasteiger partial charge on any atom is 0.244 e. The van der Waals surface area contributed by atoms with Crippen molar-refractivity contribution < 1.29 is 14.0 Å². The maximum absolute atomic E-state index is 13.5. The van der Waals surface area contributed by atoms with Gasteiger partial charge in [0.25, 0.3) is 0 Å². The van der Waals surface area contributed by atoms with Gasteiger partial charge < -0.3 is 10.2 Å². The molecule has 1 N–H and O–H groups in total. The third kappa shape index (κ3) is 4.79. The number of para-hydroxylation sites is 1. The summed E-state index contributed by atoms with van der Waals surface area (Å²) in [5.74, 6) is -1.27. The molecule has 0 aliphatic heterocycles. The van der Waals surface area contributed by atoms with E-state index in [1.54, 1.807) is 30.3 Å². The lowest BCUT2D eigenvalue weighted by molar-refractivity contribution is -0.133. The van der Waals surface area contributed by atoms with Gasteiger partial charge in [-0.1, -0.05) is 41.9 Å². The molecule has 0 heterocycles. The van der Waals surface area contributed by atoms with Crippen molar-refractivity contribution in [3.63, 3.8) is 0 Å². The summed E-state index contributed by atoms with van der Waals surface area (Å²) >= 11 is 6.07. The predicted molar refractivity (Wildman–Crippen MR) is 87.6 cm³/mol. The number of nitrogens with one attached hydrogen (secondary N) is 1. The largest absolute Gasteiger partial charge is 0.329 e. The summed E-state index contributed by atoms with van der Waals surface area (Å²) in [5.41, 5.74) is 0.821. The predicted octanol–water partition coefficient (Wildman–Crippen LogP) is 3.47. The molecule has 4 nitrogen and oxygen atoms in total. The van der Waals surface area contributed by atoms with Crippen molar-refractivity contribution in [2.24, 2.45) is 0 Å². The van der Waals surface area contributed by atoms with Gasteiger partial charge in [0.2, 0.25) is 11.8 Å². The van der Waals surface area contributed by atoms with E-state index in [1.165, 1.54) is 30.0 Å². The van der Waals surface area contributed by atoms with Crippen molar-refractivity contribution in [3.05, 3.63) is 64.9 Å². The second-order valence-corrected chi connectivity index (χ2v) is 5.40. The normalized spacial score (nSPS) is 10.2. The van der Waals surface area contributed by atoms with E-state index in [0.717, 1.165) is 5.56 Å². The molecule has 0 saturated heterocycles. The summed E-state index contributed by atoms with van der Waals surface area (Å²) < 4.78 is 13.5. The monoisotopic (exact) mass is 334 g/mol. The Morgan fingerprint density at radius 3 is 2.43 bits per heavy atom. The zero-order valence-corrected chi connectivity index (χ0v) is 13.3. The van der Waals surface area contributed by atoms with Crippen LogP contribution < -0.4 is 5.32 Å². The summed E-state index contributed by atoms with van der Waals surface area (Å²) in [7, 11) is 0. The van der Waals surface area contributed by atoms with Crippen LogP contribution in [0, 0.1) is 5.82 Å². The topological polar surface area (TPSA) is 49.4 Å². The van der Waals surface area contributed by atoms with Gasteiger partial charge in [0.05, 0.1) is 5.69 Å². The van der Waals surface area contributed by atoms with Gasteiger partial charge in [0.15, 0.2) is 0 Å². The number of nitrogens with zero attached hydrogens (tertiary/aromatic N) is 1. The fourth-order valence-electron chi connectivity index (χ4n) is 2.04. The smallest absolute Gasteiger partial charge is 0.244 e. The van der Waals surface area contributed by atoms with Crippen molar-refractivity contribution in [1.29, 1.82) is 0 Å². The van der Waals surface area contributed by atoms with Crippen molar-refractivity contribution >= 4 is 29.1 Å². The van der Waals surface area contributed by atoms with Gasteiger partial charge in [-0.3, -0.25) is 9.59 Å². The van der Waals surface area contributed by atoms with E-state index in [0.29, 0.717) is 5.02 Å². The molecule has 2 aromatic carbocycles. The van der Waals surface area contributed by atoms with E-state index < -0.39 is 11.7 Å². The molecule has 0 aliphatic carbocycles. The molecule has 0 aliphatic rings. The molecule has 23 heavy (non-hydrogen) atoms. The van der Waals surface area contributed by atoms with Crippen LogP contribution in [0.1, 0.15) is 12.5 Å². The Kier molecular flexibility index (Phi) is 5.71. The lowest BCUT2D eigenvalue weighted by Gasteiger charge is -2.21. The van der Waals surface area contributed by atoms with Crippen molar-refractivity contribution in [2.75, 3.05) is 11.9 Å². The molecule has 0 aromatic heterocycles. The molecule has 6 heteroatoms. The van der Waals surface area contributed by atoms with Crippen molar-refractivity contribution in [2.45, 2.75) is 13.5 Å². The highest BCUT2D eigenvalue weighted by molar-refractivity contribution is 6.31.